The van der Waals surface area contributed by atoms with Crippen LogP contribution in [0.4, 0.5) is 0 Å². The summed E-state index contributed by atoms with van der Waals surface area (Å²) < 4.78 is 21.8. The molecule has 0 aromatic heterocycles. The number of primary sulfonamides is 1. The quantitative estimate of drug-likeness (QED) is 0.637. The van der Waals surface area contributed by atoms with Crippen LogP contribution in [0, 0.1) is 0 Å². The van der Waals surface area contributed by atoms with E-state index in [9.17, 15) is 8.42 Å². The Kier molecular flexibility index (Phi) is 5.08. The van der Waals surface area contributed by atoms with Crippen LogP contribution in [0.5, 0.6) is 0 Å². The van der Waals surface area contributed by atoms with Gasteiger partial charge in [0.25, 0.3) is 0 Å². The van der Waals surface area contributed by atoms with E-state index in [4.69, 9.17) is 5.14 Å². The molecule has 0 saturated carbocycles. The fourth-order valence-electron chi connectivity index (χ4n) is 1.27. The van der Waals surface area contributed by atoms with Gasteiger partial charge in [-0.2, -0.15) is 0 Å². The molecule has 0 aromatic rings. The predicted octanol–water partition coefficient (Wildman–Crippen LogP) is -0.161. The molecule has 1 aliphatic heterocycles. The Hall–Kier alpha value is 0.160. The molecule has 1 aliphatic rings. The van der Waals surface area contributed by atoms with Crippen molar-refractivity contribution in [1.82, 2.24) is 5.32 Å². The number of rotatable bonds is 1. The number of nitrogens with two attached hydrogens (primary N) is 1. The van der Waals surface area contributed by atoms with Crippen molar-refractivity contribution >= 4 is 22.4 Å². The highest BCUT2D eigenvalue weighted by Gasteiger charge is 2.21. The van der Waals surface area contributed by atoms with E-state index in [-0.39, 0.29) is 17.7 Å². The van der Waals surface area contributed by atoms with E-state index in [0.717, 1.165) is 19.4 Å². The second-order valence-corrected chi connectivity index (χ2v) is 4.76. The second kappa shape index (κ2) is 5.01. The molecule has 0 spiro atoms. The largest absolute Gasteiger partial charge is 0.315 e. The summed E-state index contributed by atoms with van der Waals surface area (Å²) in [4.78, 5) is 0. The Balaban J connectivity index is 0.00000121. The average molecular weight is 215 g/mol. The van der Waals surface area contributed by atoms with E-state index < -0.39 is 10.0 Å². The highest BCUT2D eigenvalue weighted by atomic mass is 35.5. The van der Waals surface area contributed by atoms with Gasteiger partial charge in [0.05, 0.1) is 5.25 Å². The zero-order valence-electron chi connectivity index (χ0n) is 6.82. The summed E-state index contributed by atoms with van der Waals surface area (Å²) in [7, 11) is -3.31. The molecular formula is C6H15ClN2O2S. The molecule has 1 rings (SSSR count). The molecular weight excluding hydrogens is 200 g/mol. The van der Waals surface area contributed by atoms with Gasteiger partial charge in [-0.25, -0.2) is 13.6 Å². The molecule has 0 radical (unpaired) electrons. The van der Waals surface area contributed by atoms with Crippen LogP contribution in [-0.4, -0.2) is 26.8 Å². The van der Waals surface area contributed by atoms with E-state index in [2.05, 4.69) is 5.32 Å². The highest BCUT2D eigenvalue weighted by molar-refractivity contribution is 7.89. The van der Waals surface area contributed by atoms with Gasteiger partial charge in [0.2, 0.25) is 10.0 Å². The topological polar surface area (TPSA) is 72.2 Å². The van der Waals surface area contributed by atoms with Crippen molar-refractivity contribution in [3.8, 4) is 0 Å². The van der Waals surface area contributed by atoms with E-state index in [0.29, 0.717) is 13.0 Å². The van der Waals surface area contributed by atoms with Gasteiger partial charge in [-0.05, 0) is 19.4 Å². The van der Waals surface area contributed by atoms with E-state index >= 15 is 0 Å². The lowest BCUT2D eigenvalue weighted by molar-refractivity contribution is 0.569. The van der Waals surface area contributed by atoms with Crippen molar-refractivity contribution in [3.63, 3.8) is 0 Å². The van der Waals surface area contributed by atoms with Gasteiger partial charge >= 0.3 is 0 Å². The molecule has 0 amide bonds. The number of nitrogens with one attached hydrogen (secondary N) is 1. The minimum absolute atomic E-state index is 0. The SMILES string of the molecule is Cl.NS(=O)(=O)C1CCCCNC1. The van der Waals surface area contributed by atoms with Crippen LogP contribution in [0.15, 0.2) is 0 Å². The first-order valence-corrected chi connectivity index (χ1v) is 5.44. The van der Waals surface area contributed by atoms with Crippen LogP contribution in [0.2, 0.25) is 0 Å². The van der Waals surface area contributed by atoms with Crippen LogP contribution in [0.3, 0.4) is 0 Å². The Morgan fingerprint density at radius 1 is 1.33 bits per heavy atom. The van der Waals surface area contributed by atoms with Gasteiger partial charge in [0.1, 0.15) is 0 Å². The molecule has 0 bridgehead atoms. The van der Waals surface area contributed by atoms with Crippen molar-refractivity contribution in [3.05, 3.63) is 0 Å². The Morgan fingerprint density at radius 2 is 2.00 bits per heavy atom. The van der Waals surface area contributed by atoms with Crippen LogP contribution >= 0.6 is 12.4 Å². The van der Waals surface area contributed by atoms with E-state index in [1.807, 2.05) is 0 Å². The zero-order chi connectivity index (χ0) is 8.32. The summed E-state index contributed by atoms with van der Waals surface area (Å²) >= 11 is 0. The van der Waals surface area contributed by atoms with Gasteiger partial charge in [0.15, 0.2) is 0 Å². The van der Waals surface area contributed by atoms with Crippen LogP contribution in [0.25, 0.3) is 0 Å². The first-order chi connectivity index (χ1) is 5.11. The maximum Gasteiger partial charge on any atom is 0.213 e. The molecule has 4 nitrogen and oxygen atoms in total. The molecule has 1 unspecified atom stereocenters. The zero-order valence-corrected chi connectivity index (χ0v) is 8.46. The van der Waals surface area contributed by atoms with Crippen molar-refractivity contribution in [1.29, 1.82) is 0 Å². The minimum Gasteiger partial charge on any atom is -0.315 e. The summed E-state index contributed by atoms with van der Waals surface area (Å²) in [6, 6.07) is 0. The Labute approximate surface area is 79.4 Å². The molecule has 6 heteroatoms. The highest BCUT2D eigenvalue weighted by Crippen LogP contribution is 2.09. The monoisotopic (exact) mass is 214 g/mol. The summed E-state index contributed by atoms with van der Waals surface area (Å²) in [5, 5.41) is 7.69. The molecule has 1 heterocycles. The fraction of sp³-hybridized carbons (Fsp3) is 1.00. The maximum absolute atomic E-state index is 10.9. The summed E-state index contributed by atoms with van der Waals surface area (Å²) in [5.74, 6) is 0. The molecule has 0 aliphatic carbocycles. The first kappa shape index (κ1) is 12.2. The predicted molar refractivity (Wildman–Crippen MR) is 50.9 cm³/mol. The van der Waals surface area contributed by atoms with Crippen molar-refractivity contribution in [2.45, 2.75) is 24.5 Å². The number of hydrogen-bond donors (Lipinski definition) is 2. The third kappa shape index (κ3) is 3.71. The van der Waals surface area contributed by atoms with Gasteiger partial charge in [-0.15, -0.1) is 12.4 Å². The van der Waals surface area contributed by atoms with Crippen molar-refractivity contribution in [2.75, 3.05) is 13.1 Å². The third-order valence-corrected chi connectivity index (χ3v) is 3.30. The molecule has 0 aromatic carbocycles. The Bertz CT molecular complexity index is 210. The van der Waals surface area contributed by atoms with Crippen molar-refractivity contribution < 1.29 is 8.42 Å². The standard InChI is InChI=1S/C6H14N2O2S.ClH/c7-11(9,10)6-3-1-2-4-8-5-6;/h6,8H,1-5H2,(H2,7,9,10);1H. The second-order valence-electron chi connectivity index (χ2n) is 2.91. The molecule has 1 saturated heterocycles. The average Bonchev–Trinajstić information content (AvgIpc) is 2.10. The number of sulfonamides is 1. The lowest BCUT2D eigenvalue weighted by atomic mass is 10.2. The number of halogens is 1. The van der Waals surface area contributed by atoms with E-state index in [1.165, 1.54) is 0 Å². The van der Waals surface area contributed by atoms with Gasteiger partial charge in [0, 0.05) is 6.54 Å². The molecule has 3 N–H and O–H groups in total. The lowest BCUT2D eigenvalue weighted by Gasteiger charge is -2.10. The first-order valence-electron chi connectivity index (χ1n) is 3.83. The van der Waals surface area contributed by atoms with Crippen LogP contribution in [0.1, 0.15) is 19.3 Å². The van der Waals surface area contributed by atoms with Crippen LogP contribution in [-0.2, 0) is 10.0 Å². The number of hydrogen-bond acceptors (Lipinski definition) is 3. The fourth-order valence-corrected chi connectivity index (χ4v) is 2.11. The molecule has 12 heavy (non-hydrogen) atoms. The summed E-state index contributed by atoms with van der Waals surface area (Å²) in [6.07, 6.45) is 2.70. The molecule has 1 atom stereocenters. The maximum atomic E-state index is 10.9. The summed E-state index contributed by atoms with van der Waals surface area (Å²) in [5.41, 5.74) is 0. The van der Waals surface area contributed by atoms with Crippen LogP contribution < -0.4 is 10.5 Å². The normalized spacial score (nSPS) is 25.6. The van der Waals surface area contributed by atoms with Gasteiger partial charge in [-0.1, -0.05) is 6.42 Å². The Morgan fingerprint density at radius 3 is 2.58 bits per heavy atom. The van der Waals surface area contributed by atoms with E-state index in [1.54, 1.807) is 0 Å². The van der Waals surface area contributed by atoms with Gasteiger partial charge < -0.3 is 5.32 Å². The summed E-state index contributed by atoms with van der Waals surface area (Å²) in [6.45, 7) is 1.42. The third-order valence-electron chi connectivity index (χ3n) is 1.97. The van der Waals surface area contributed by atoms with Crippen molar-refractivity contribution in [2.24, 2.45) is 5.14 Å². The molecule has 1 fully saturated rings. The smallest absolute Gasteiger partial charge is 0.213 e. The lowest BCUT2D eigenvalue weighted by Crippen LogP contribution is -2.35. The minimum atomic E-state index is -3.31. The van der Waals surface area contributed by atoms with Gasteiger partial charge in [-0.3, -0.25) is 0 Å². The molecule has 74 valence electrons.